The first-order valence-electron chi connectivity index (χ1n) is 7.06. The molecule has 1 aliphatic heterocycles. The van der Waals surface area contributed by atoms with Gasteiger partial charge in [-0.05, 0) is 35.7 Å². The van der Waals surface area contributed by atoms with Crippen molar-refractivity contribution >= 4 is 38.9 Å². The lowest BCUT2D eigenvalue weighted by Gasteiger charge is -2.33. The summed E-state index contributed by atoms with van der Waals surface area (Å²) in [5.74, 6) is -0.0465. The number of nitrogens with zero attached hydrogens (tertiary/aromatic N) is 2. The van der Waals surface area contributed by atoms with Crippen LogP contribution in [0.15, 0.2) is 46.0 Å². The van der Waals surface area contributed by atoms with E-state index in [1.165, 1.54) is 27.8 Å². The number of piperazine rings is 1. The molecule has 0 bridgehead atoms. The Morgan fingerprint density at radius 3 is 2.26 bits per heavy atom. The summed E-state index contributed by atoms with van der Waals surface area (Å²) in [5.41, 5.74) is 0.656. The Hall–Kier alpha value is -1.41. The number of rotatable bonds is 3. The third-order valence-corrected chi connectivity index (χ3v) is 6.59. The smallest absolute Gasteiger partial charge is 0.254 e. The standard InChI is InChI=1S/C15H15ClN2O3S2/c16-13-1-3-14(4-2-13)23(20,21)18-8-6-17(7-9-18)15(19)12-5-10-22-11-12/h1-5,10-11H,6-9H2. The maximum atomic E-state index is 12.6. The predicted molar refractivity (Wildman–Crippen MR) is 90.4 cm³/mol. The molecule has 0 atom stereocenters. The first kappa shape index (κ1) is 16.4. The van der Waals surface area contributed by atoms with Crippen LogP contribution in [0.25, 0.3) is 0 Å². The van der Waals surface area contributed by atoms with Crippen molar-refractivity contribution in [2.24, 2.45) is 0 Å². The lowest BCUT2D eigenvalue weighted by atomic mass is 10.2. The normalized spacial score (nSPS) is 16.5. The molecule has 3 rings (SSSR count). The maximum absolute atomic E-state index is 12.6. The van der Waals surface area contributed by atoms with E-state index in [1.807, 2.05) is 5.38 Å². The quantitative estimate of drug-likeness (QED) is 0.834. The monoisotopic (exact) mass is 370 g/mol. The van der Waals surface area contributed by atoms with Gasteiger partial charge in [0.1, 0.15) is 0 Å². The summed E-state index contributed by atoms with van der Waals surface area (Å²) < 4.78 is 26.6. The minimum Gasteiger partial charge on any atom is -0.336 e. The van der Waals surface area contributed by atoms with E-state index in [1.54, 1.807) is 28.5 Å². The number of sulfonamides is 1. The molecule has 8 heteroatoms. The number of halogens is 1. The van der Waals surface area contributed by atoms with Crippen LogP contribution >= 0.6 is 22.9 Å². The van der Waals surface area contributed by atoms with Gasteiger partial charge in [0.25, 0.3) is 5.91 Å². The van der Waals surface area contributed by atoms with Crippen molar-refractivity contribution in [3.8, 4) is 0 Å². The van der Waals surface area contributed by atoms with Gasteiger partial charge in [-0.2, -0.15) is 15.6 Å². The first-order chi connectivity index (χ1) is 11.0. The largest absolute Gasteiger partial charge is 0.336 e. The number of amides is 1. The van der Waals surface area contributed by atoms with Crippen molar-refractivity contribution in [1.29, 1.82) is 0 Å². The van der Waals surface area contributed by atoms with Crippen molar-refractivity contribution in [2.45, 2.75) is 4.90 Å². The van der Waals surface area contributed by atoms with Gasteiger partial charge in [-0.15, -0.1) is 0 Å². The van der Waals surface area contributed by atoms with Crippen LogP contribution in [0.2, 0.25) is 5.02 Å². The van der Waals surface area contributed by atoms with Gasteiger partial charge in [-0.25, -0.2) is 8.42 Å². The average molecular weight is 371 g/mol. The van der Waals surface area contributed by atoms with Gasteiger partial charge in [-0.1, -0.05) is 11.6 Å². The molecule has 122 valence electrons. The fourth-order valence-electron chi connectivity index (χ4n) is 2.46. The summed E-state index contributed by atoms with van der Waals surface area (Å²) in [6, 6.07) is 7.90. The van der Waals surface area contributed by atoms with E-state index in [2.05, 4.69) is 0 Å². The van der Waals surface area contributed by atoms with Gasteiger partial charge < -0.3 is 4.90 Å². The fourth-order valence-corrected chi connectivity index (χ4v) is 4.63. The molecule has 1 aromatic heterocycles. The third-order valence-electron chi connectivity index (χ3n) is 3.75. The van der Waals surface area contributed by atoms with Crippen LogP contribution in [0, 0.1) is 0 Å². The van der Waals surface area contributed by atoms with Crippen LogP contribution < -0.4 is 0 Å². The number of benzene rings is 1. The molecule has 0 radical (unpaired) electrons. The second-order valence-corrected chi connectivity index (χ2v) is 8.32. The molecular formula is C15H15ClN2O3S2. The molecule has 0 saturated carbocycles. The number of carbonyl (C=O) groups is 1. The topological polar surface area (TPSA) is 57.7 Å². The highest BCUT2D eigenvalue weighted by Gasteiger charge is 2.30. The van der Waals surface area contributed by atoms with Gasteiger partial charge in [0.05, 0.1) is 10.5 Å². The zero-order valence-electron chi connectivity index (χ0n) is 12.2. The molecule has 2 heterocycles. The Bertz CT molecular complexity index is 781. The Labute approximate surface area is 144 Å². The Kier molecular flexibility index (Phi) is 4.72. The van der Waals surface area contributed by atoms with Crippen molar-refractivity contribution in [2.75, 3.05) is 26.2 Å². The van der Waals surface area contributed by atoms with Crippen molar-refractivity contribution in [1.82, 2.24) is 9.21 Å². The van der Waals surface area contributed by atoms with E-state index in [-0.39, 0.29) is 10.8 Å². The Morgan fingerprint density at radius 1 is 1.04 bits per heavy atom. The molecule has 5 nitrogen and oxygen atoms in total. The first-order valence-corrected chi connectivity index (χ1v) is 9.82. The molecule has 1 saturated heterocycles. The molecular weight excluding hydrogens is 356 g/mol. The highest BCUT2D eigenvalue weighted by molar-refractivity contribution is 7.89. The summed E-state index contributed by atoms with van der Waals surface area (Å²) in [7, 11) is -3.54. The van der Waals surface area contributed by atoms with Gasteiger partial charge in [0.2, 0.25) is 10.0 Å². The molecule has 0 spiro atoms. The predicted octanol–water partition coefficient (Wildman–Crippen LogP) is 2.55. The molecule has 0 unspecified atom stereocenters. The molecule has 1 aromatic carbocycles. The van der Waals surface area contributed by atoms with Gasteiger partial charge in [0.15, 0.2) is 0 Å². The summed E-state index contributed by atoms with van der Waals surface area (Å²) in [4.78, 5) is 14.2. The molecule has 0 aliphatic carbocycles. The second kappa shape index (κ2) is 6.60. The van der Waals surface area contributed by atoms with Crippen LogP contribution in [-0.2, 0) is 10.0 Å². The van der Waals surface area contributed by atoms with Gasteiger partial charge in [-0.3, -0.25) is 4.79 Å². The molecule has 23 heavy (non-hydrogen) atoms. The summed E-state index contributed by atoms with van der Waals surface area (Å²) in [6.07, 6.45) is 0. The second-order valence-electron chi connectivity index (χ2n) is 5.16. The maximum Gasteiger partial charge on any atom is 0.254 e. The van der Waals surface area contributed by atoms with Crippen molar-refractivity contribution in [3.63, 3.8) is 0 Å². The fraction of sp³-hybridized carbons (Fsp3) is 0.267. The van der Waals surface area contributed by atoms with Crippen molar-refractivity contribution in [3.05, 3.63) is 51.7 Å². The number of hydrogen-bond acceptors (Lipinski definition) is 4. The minimum atomic E-state index is -3.54. The van der Waals surface area contributed by atoms with Gasteiger partial charge in [0, 0.05) is 36.6 Å². The Morgan fingerprint density at radius 2 is 1.70 bits per heavy atom. The zero-order valence-corrected chi connectivity index (χ0v) is 14.6. The number of hydrogen-bond donors (Lipinski definition) is 0. The third kappa shape index (κ3) is 3.42. The molecule has 1 aliphatic rings. The highest BCUT2D eigenvalue weighted by Crippen LogP contribution is 2.20. The highest BCUT2D eigenvalue weighted by atomic mass is 35.5. The van der Waals surface area contributed by atoms with E-state index in [0.717, 1.165) is 0 Å². The lowest BCUT2D eigenvalue weighted by Crippen LogP contribution is -2.50. The summed E-state index contributed by atoms with van der Waals surface area (Å²) >= 11 is 7.27. The van der Waals surface area contributed by atoms with Crippen LogP contribution in [-0.4, -0.2) is 49.7 Å². The average Bonchev–Trinajstić information content (AvgIpc) is 3.09. The van der Waals surface area contributed by atoms with Crippen LogP contribution in [0.4, 0.5) is 0 Å². The SMILES string of the molecule is O=C(c1ccsc1)N1CCN(S(=O)(=O)c2ccc(Cl)cc2)CC1. The van der Waals surface area contributed by atoms with Crippen molar-refractivity contribution < 1.29 is 13.2 Å². The Balaban J connectivity index is 1.69. The van der Waals surface area contributed by atoms with E-state index < -0.39 is 10.0 Å². The minimum absolute atomic E-state index is 0.0465. The van der Waals surface area contributed by atoms with Crippen LogP contribution in [0.3, 0.4) is 0 Å². The molecule has 2 aromatic rings. The number of carbonyl (C=O) groups excluding carboxylic acids is 1. The molecule has 0 N–H and O–H groups in total. The molecule has 1 fully saturated rings. The van der Waals surface area contributed by atoms with Crippen LogP contribution in [0.1, 0.15) is 10.4 Å². The van der Waals surface area contributed by atoms with E-state index in [4.69, 9.17) is 11.6 Å². The van der Waals surface area contributed by atoms with E-state index in [9.17, 15) is 13.2 Å². The number of thiophene rings is 1. The summed E-state index contributed by atoms with van der Waals surface area (Å²) in [5, 5.41) is 4.16. The molecule has 1 amide bonds. The zero-order chi connectivity index (χ0) is 16.4. The van der Waals surface area contributed by atoms with Crippen LogP contribution in [0.5, 0.6) is 0 Å². The van der Waals surface area contributed by atoms with Gasteiger partial charge >= 0.3 is 0 Å². The lowest BCUT2D eigenvalue weighted by molar-refractivity contribution is 0.0698. The van der Waals surface area contributed by atoms with E-state index >= 15 is 0 Å². The van der Waals surface area contributed by atoms with E-state index in [0.29, 0.717) is 36.8 Å². The summed E-state index contributed by atoms with van der Waals surface area (Å²) in [6.45, 7) is 1.37.